The summed E-state index contributed by atoms with van der Waals surface area (Å²) in [6, 6.07) is 4.65. The summed E-state index contributed by atoms with van der Waals surface area (Å²) in [6.45, 7) is 5.95. The largest absolute Gasteiger partial charge is 0.390 e. The molecule has 1 N–H and O–H groups in total. The lowest BCUT2D eigenvalue weighted by molar-refractivity contribution is -0.384. The lowest BCUT2D eigenvalue weighted by Crippen LogP contribution is -2.21. The van der Waals surface area contributed by atoms with Crippen molar-refractivity contribution in [3.8, 4) is 0 Å². The number of rotatable bonds is 4. The molecule has 0 aliphatic rings. The number of aliphatic hydroxyl groups is 1. The van der Waals surface area contributed by atoms with Crippen molar-refractivity contribution in [2.24, 2.45) is 0 Å². The van der Waals surface area contributed by atoms with Gasteiger partial charge in [0.05, 0.1) is 16.0 Å². The normalized spacial score (nSPS) is 12.0. The van der Waals surface area contributed by atoms with Crippen molar-refractivity contribution in [1.29, 1.82) is 0 Å². The van der Waals surface area contributed by atoms with E-state index in [0.29, 0.717) is 13.0 Å². The SMILES string of the molecule is Cc1c2cc([N+](=O)[O-])ccc2nn1CCC(C)(C)O. The van der Waals surface area contributed by atoms with E-state index in [4.69, 9.17) is 0 Å². The van der Waals surface area contributed by atoms with E-state index in [-0.39, 0.29) is 5.69 Å². The number of fused-ring (bicyclic) bond motifs is 1. The molecule has 2 aromatic rings. The molecule has 1 heterocycles. The zero-order valence-corrected chi connectivity index (χ0v) is 11.3. The third kappa shape index (κ3) is 2.90. The number of nitrogens with zero attached hydrogens (tertiary/aromatic N) is 3. The highest BCUT2D eigenvalue weighted by molar-refractivity contribution is 5.83. The van der Waals surface area contributed by atoms with Gasteiger partial charge in [0.2, 0.25) is 0 Å². The molecule has 19 heavy (non-hydrogen) atoms. The Balaban J connectivity index is 2.37. The Labute approximate surface area is 110 Å². The molecule has 0 aliphatic carbocycles. The van der Waals surface area contributed by atoms with E-state index >= 15 is 0 Å². The van der Waals surface area contributed by atoms with Crippen LogP contribution in [0.2, 0.25) is 0 Å². The molecule has 1 aromatic heterocycles. The first-order chi connectivity index (χ1) is 8.78. The Morgan fingerprint density at radius 3 is 2.74 bits per heavy atom. The molecule has 0 spiro atoms. The highest BCUT2D eigenvalue weighted by atomic mass is 16.6. The zero-order chi connectivity index (χ0) is 14.2. The smallest absolute Gasteiger partial charge is 0.270 e. The summed E-state index contributed by atoms with van der Waals surface area (Å²) in [5.41, 5.74) is 0.927. The van der Waals surface area contributed by atoms with Gasteiger partial charge in [0, 0.05) is 29.8 Å². The number of hydrogen-bond acceptors (Lipinski definition) is 4. The van der Waals surface area contributed by atoms with Crippen LogP contribution in [0.15, 0.2) is 18.2 Å². The first kappa shape index (κ1) is 13.5. The molecule has 6 nitrogen and oxygen atoms in total. The van der Waals surface area contributed by atoms with Gasteiger partial charge in [0.25, 0.3) is 5.69 Å². The molecule has 6 heteroatoms. The molecule has 0 saturated carbocycles. The number of benzene rings is 1. The summed E-state index contributed by atoms with van der Waals surface area (Å²) in [5, 5.41) is 25.7. The molecular weight excluding hydrogens is 246 g/mol. The van der Waals surface area contributed by atoms with Crippen molar-refractivity contribution in [1.82, 2.24) is 9.78 Å². The summed E-state index contributed by atoms with van der Waals surface area (Å²) in [6.07, 6.45) is 0.573. The van der Waals surface area contributed by atoms with Crippen LogP contribution in [-0.2, 0) is 6.54 Å². The molecule has 0 radical (unpaired) electrons. The van der Waals surface area contributed by atoms with Crippen LogP contribution in [0, 0.1) is 17.0 Å². The van der Waals surface area contributed by atoms with Crippen LogP contribution in [0.5, 0.6) is 0 Å². The van der Waals surface area contributed by atoms with Crippen molar-refractivity contribution < 1.29 is 10.0 Å². The van der Waals surface area contributed by atoms with Gasteiger partial charge in [-0.25, -0.2) is 0 Å². The first-order valence-electron chi connectivity index (χ1n) is 6.12. The number of aryl methyl sites for hydroxylation is 2. The number of nitro benzene ring substituents is 1. The maximum Gasteiger partial charge on any atom is 0.270 e. The topological polar surface area (TPSA) is 81.2 Å². The van der Waals surface area contributed by atoms with Crippen LogP contribution in [0.3, 0.4) is 0 Å². The van der Waals surface area contributed by atoms with Crippen LogP contribution in [0.25, 0.3) is 10.9 Å². The molecule has 0 aliphatic heterocycles. The second-order valence-corrected chi connectivity index (χ2v) is 5.33. The summed E-state index contributed by atoms with van der Waals surface area (Å²) >= 11 is 0. The Hall–Kier alpha value is -1.95. The molecule has 1 aromatic carbocycles. The van der Waals surface area contributed by atoms with Gasteiger partial charge in [0.15, 0.2) is 0 Å². The third-order valence-corrected chi connectivity index (χ3v) is 3.13. The van der Waals surface area contributed by atoms with Crippen molar-refractivity contribution in [3.63, 3.8) is 0 Å². The fraction of sp³-hybridized carbons (Fsp3) is 0.462. The molecule has 0 atom stereocenters. The van der Waals surface area contributed by atoms with Gasteiger partial charge in [-0.3, -0.25) is 14.8 Å². The van der Waals surface area contributed by atoms with E-state index in [0.717, 1.165) is 16.6 Å². The van der Waals surface area contributed by atoms with Gasteiger partial charge in [-0.2, -0.15) is 5.10 Å². The Morgan fingerprint density at radius 2 is 2.16 bits per heavy atom. The quantitative estimate of drug-likeness (QED) is 0.678. The molecular formula is C13H17N3O3. The fourth-order valence-electron chi connectivity index (χ4n) is 1.96. The maximum atomic E-state index is 10.8. The number of aromatic nitrogens is 2. The van der Waals surface area contributed by atoms with Crippen LogP contribution in [0.4, 0.5) is 5.69 Å². The van der Waals surface area contributed by atoms with E-state index in [1.54, 1.807) is 24.6 Å². The molecule has 0 unspecified atom stereocenters. The first-order valence-corrected chi connectivity index (χ1v) is 6.12. The van der Waals surface area contributed by atoms with Crippen molar-refractivity contribution in [2.75, 3.05) is 0 Å². The molecule has 2 rings (SSSR count). The summed E-state index contributed by atoms with van der Waals surface area (Å²) in [4.78, 5) is 10.4. The monoisotopic (exact) mass is 263 g/mol. The van der Waals surface area contributed by atoms with Gasteiger partial charge in [-0.1, -0.05) is 0 Å². The van der Waals surface area contributed by atoms with E-state index in [2.05, 4.69) is 5.10 Å². The van der Waals surface area contributed by atoms with Gasteiger partial charge in [-0.15, -0.1) is 0 Å². The second kappa shape index (κ2) is 4.62. The van der Waals surface area contributed by atoms with Crippen LogP contribution in [0.1, 0.15) is 26.0 Å². The maximum absolute atomic E-state index is 10.8. The third-order valence-electron chi connectivity index (χ3n) is 3.13. The zero-order valence-electron chi connectivity index (χ0n) is 11.3. The van der Waals surface area contributed by atoms with Gasteiger partial charge >= 0.3 is 0 Å². The van der Waals surface area contributed by atoms with Crippen molar-refractivity contribution >= 4 is 16.6 Å². The van der Waals surface area contributed by atoms with Crippen molar-refractivity contribution in [3.05, 3.63) is 34.0 Å². The lowest BCUT2D eigenvalue weighted by atomic mass is 10.1. The van der Waals surface area contributed by atoms with Gasteiger partial charge in [-0.05, 0) is 33.3 Å². The summed E-state index contributed by atoms with van der Waals surface area (Å²) in [5.74, 6) is 0. The minimum absolute atomic E-state index is 0.0673. The fourth-order valence-corrected chi connectivity index (χ4v) is 1.96. The number of hydrogen-bond donors (Lipinski definition) is 1. The predicted molar refractivity (Wildman–Crippen MR) is 72.0 cm³/mol. The highest BCUT2D eigenvalue weighted by Gasteiger charge is 2.16. The number of non-ortho nitro benzene ring substituents is 1. The summed E-state index contributed by atoms with van der Waals surface area (Å²) < 4.78 is 1.78. The predicted octanol–water partition coefficient (Wildman–Crippen LogP) is 2.41. The molecule has 0 bridgehead atoms. The Morgan fingerprint density at radius 1 is 1.47 bits per heavy atom. The molecule has 0 saturated heterocycles. The average Bonchev–Trinajstić information content (AvgIpc) is 2.62. The minimum atomic E-state index is -0.753. The average molecular weight is 263 g/mol. The number of nitro groups is 1. The molecule has 0 amide bonds. The lowest BCUT2D eigenvalue weighted by Gasteiger charge is -2.17. The van der Waals surface area contributed by atoms with Crippen LogP contribution >= 0.6 is 0 Å². The summed E-state index contributed by atoms with van der Waals surface area (Å²) in [7, 11) is 0. The van der Waals surface area contributed by atoms with E-state index in [1.165, 1.54) is 12.1 Å². The van der Waals surface area contributed by atoms with Gasteiger partial charge < -0.3 is 5.11 Å². The van der Waals surface area contributed by atoms with E-state index in [9.17, 15) is 15.2 Å². The Bertz CT molecular complexity index is 626. The van der Waals surface area contributed by atoms with Gasteiger partial charge in [0.1, 0.15) is 0 Å². The van der Waals surface area contributed by atoms with Crippen LogP contribution in [-0.4, -0.2) is 25.4 Å². The Kier molecular flexibility index (Phi) is 3.28. The minimum Gasteiger partial charge on any atom is -0.390 e. The highest BCUT2D eigenvalue weighted by Crippen LogP contribution is 2.24. The standard InChI is InChI=1S/C13H17N3O3/c1-9-11-8-10(16(18)19)4-5-12(11)14-15(9)7-6-13(2,3)17/h4-5,8,17H,6-7H2,1-3H3. The molecule has 0 fully saturated rings. The van der Waals surface area contributed by atoms with E-state index in [1.807, 2.05) is 6.92 Å². The van der Waals surface area contributed by atoms with Crippen LogP contribution < -0.4 is 0 Å². The molecule has 102 valence electrons. The van der Waals surface area contributed by atoms with E-state index < -0.39 is 10.5 Å². The second-order valence-electron chi connectivity index (χ2n) is 5.33. The van der Waals surface area contributed by atoms with Crippen molar-refractivity contribution in [2.45, 2.75) is 39.3 Å².